The van der Waals surface area contributed by atoms with E-state index >= 15 is 0 Å². The van der Waals surface area contributed by atoms with Crippen LogP contribution in [0, 0.1) is 30.0 Å². The summed E-state index contributed by atoms with van der Waals surface area (Å²) in [6.45, 7) is 7.74. The molecule has 3 N–H and O–H groups in total. The van der Waals surface area contributed by atoms with Gasteiger partial charge in [0.05, 0.1) is 17.2 Å². The maximum Gasteiger partial charge on any atom is 0.126 e. The van der Waals surface area contributed by atoms with Crippen LogP contribution in [0.1, 0.15) is 68.7 Å². The Balaban J connectivity index is 0.00000108. The van der Waals surface area contributed by atoms with Gasteiger partial charge in [-0.3, -0.25) is 0 Å². The summed E-state index contributed by atoms with van der Waals surface area (Å²) in [5.74, 6) is 1.49. The fraction of sp³-hybridized carbons (Fsp3) is 0.480. The number of nitrogens with zero attached hydrogens (tertiary/aromatic N) is 1. The van der Waals surface area contributed by atoms with Gasteiger partial charge in [-0.05, 0) is 66.3 Å². The van der Waals surface area contributed by atoms with Gasteiger partial charge in [-0.15, -0.1) is 0 Å². The number of aryl methyl sites for hydroxylation is 1. The molecular weight excluding hydrogens is 395 g/mol. The van der Waals surface area contributed by atoms with E-state index in [9.17, 15) is 4.39 Å². The molecule has 0 aliphatic heterocycles. The van der Waals surface area contributed by atoms with Crippen LogP contribution >= 0.6 is 12.6 Å². The zero-order valence-electron chi connectivity index (χ0n) is 19.0. The Bertz CT molecular complexity index is 787. The van der Waals surface area contributed by atoms with Crippen LogP contribution < -0.4 is 5.73 Å². The van der Waals surface area contributed by atoms with Gasteiger partial charge in [0.25, 0.3) is 0 Å². The minimum Gasteiger partial charge on any atom is -0.400 e. The first kappa shape index (κ1) is 28.1. The molecule has 5 heteroatoms. The number of aliphatic hydroxyl groups is 1. The van der Waals surface area contributed by atoms with Crippen molar-refractivity contribution in [1.82, 2.24) is 0 Å². The molecule has 1 saturated carbocycles. The average Bonchev–Trinajstić information content (AvgIpc) is 3.62. The number of halogens is 1. The predicted octanol–water partition coefficient (Wildman–Crippen LogP) is 5.97. The first-order valence-corrected chi connectivity index (χ1v) is 11.2. The van der Waals surface area contributed by atoms with E-state index in [1.165, 1.54) is 18.9 Å². The van der Waals surface area contributed by atoms with Gasteiger partial charge in [-0.25, -0.2) is 4.39 Å². The molecular formula is C25H37FN2OS. The molecule has 1 unspecified atom stereocenters. The molecule has 1 atom stereocenters. The van der Waals surface area contributed by atoms with E-state index in [4.69, 9.17) is 16.1 Å². The molecule has 1 fully saturated rings. The molecule has 1 aliphatic rings. The molecule has 0 spiro atoms. The number of nitrogens with two attached hydrogens (primary N) is 1. The Kier molecular flexibility index (Phi) is 14.1. The molecule has 1 aliphatic carbocycles. The molecule has 0 radical (unpaired) electrons. The fourth-order valence-corrected chi connectivity index (χ4v) is 3.08. The van der Waals surface area contributed by atoms with Crippen LogP contribution in [0.3, 0.4) is 0 Å². The highest BCUT2D eigenvalue weighted by molar-refractivity contribution is 7.80. The zero-order chi connectivity index (χ0) is 23.2. The normalized spacial score (nSPS) is 13.7. The summed E-state index contributed by atoms with van der Waals surface area (Å²) in [6, 6.07) is 14.7. The predicted molar refractivity (Wildman–Crippen MR) is 128 cm³/mol. The lowest BCUT2D eigenvalue weighted by Gasteiger charge is -2.31. The summed E-state index contributed by atoms with van der Waals surface area (Å²) in [7, 11) is 1.00. The van der Waals surface area contributed by atoms with Crippen molar-refractivity contribution in [2.75, 3.05) is 12.9 Å². The third-order valence-electron chi connectivity index (χ3n) is 4.82. The van der Waals surface area contributed by atoms with Gasteiger partial charge >= 0.3 is 0 Å². The van der Waals surface area contributed by atoms with Crippen molar-refractivity contribution < 1.29 is 9.50 Å². The zero-order valence-corrected chi connectivity index (χ0v) is 19.8. The topological polar surface area (TPSA) is 70.0 Å². The molecule has 30 heavy (non-hydrogen) atoms. The molecule has 166 valence electrons. The minimum absolute atomic E-state index is 0.218. The summed E-state index contributed by atoms with van der Waals surface area (Å²) in [4.78, 5) is 0. The fourth-order valence-electron chi connectivity index (χ4n) is 3.08. The van der Waals surface area contributed by atoms with Crippen LogP contribution in [0.15, 0.2) is 42.5 Å². The number of nitriles is 1. The van der Waals surface area contributed by atoms with Crippen molar-refractivity contribution in [1.29, 1.82) is 5.26 Å². The standard InChI is InChI=1S/C20H21FN2.C2H6S.C2H6.CH4O/c1-14-11-18(7-8-19(14)21)20(23,10-9-15-5-6-15)17-4-2-3-16(12-17)13-22;1-2-3;2*1-2/h2-4,7-8,11-12,15H,5-6,9-10,23H2,1H3;3H,2H2,1H3;1-2H3;2H,1H3. The summed E-state index contributed by atoms with van der Waals surface area (Å²) >= 11 is 3.79. The van der Waals surface area contributed by atoms with E-state index in [1.807, 2.05) is 45.0 Å². The highest BCUT2D eigenvalue weighted by Crippen LogP contribution is 2.40. The Morgan fingerprint density at radius 2 is 1.73 bits per heavy atom. The maximum absolute atomic E-state index is 13.6. The van der Waals surface area contributed by atoms with Crippen molar-refractivity contribution in [3.05, 3.63) is 70.5 Å². The van der Waals surface area contributed by atoms with Crippen LogP contribution in [0.2, 0.25) is 0 Å². The lowest BCUT2D eigenvalue weighted by atomic mass is 9.78. The Labute approximate surface area is 187 Å². The second-order valence-electron chi connectivity index (χ2n) is 6.93. The quantitative estimate of drug-likeness (QED) is 0.510. The van der Waals surface area contributed by atoms with Gasteiger partial charge in [-0.2, -0.15) is 17.9 Å². The van der Waals surface area contributed by atoms with E-state index in [0.29, 0.717) is 11.1 Å². The van der Waals surface area contributed by atoms with Crippen molar-refractivity contribution >= 4 is 12.6 Å². The van der Waals surface area contributed by atoms with Crippen molar-refractivity contribution in [3.8, 4) is 6.07 Å². The second kappa shape index (κ2) is 15.0. The third-order valence-corrected chi connectivity index (χ3v) is 4.82. The lowest BCUT2D eigenvalue weighted by molar-refractivity contribution is 0.399. The molecule has 2 aromatic rings. The van der Waals surface area contributed by atoms with E-state index in [1.54, 1.807) is 19.1 Å². The molecule has 0 heterocycles. The van der Waals surface area contributed by atoms with Gasteiger partial charge in [0.2, 0.25) is 0 Å². The van der Waals surface area contributed by atoms with Crippen molar-refractivity contribution in [2.24, 2.45) is 11.7 Å². The smallest absolute Gasteiger partial charge is 0.126 e. The van der Waals surface area contributed by atoms with Gasteiger partial charge in [0.1, 0.15) is 5.82 Å². The SMILES string of the molecule is CC.CCS.CO.Cc1cc(C(N)(CCC2CC2)c2cccc(C#N)c2)ccc1F. The van der Waals surface area contributed by atoms with Crippen LogP contribution in [-0.2, 0) is 5.54 Å². The van der Waals surface area contributed by atoms with Crippen molar-refractivity contribution in [2.45, 2.75) is 58.9 Å². The molecule has 2 aromatic carbocycles. The summed E-state index contributed by atoms with van der Waals surface area (Å²) in [5.41, 5.74) is 9.17. The minimum atomic E-state index is -0.687. The highest BCUT2D eigenvalue weighted by atomic mass is 32.1. The Morgan fingerprint density at radius 1 is 1.17 bits per heavy atom. The molecule has 0 amide bonds. The number of hydrogen-bond acceptors (Lipinski definition) is 4. The molecule has 3 rings (SSSR count). The van der Waals surface area contributed by atoms with Crippen LogP contribution in [0.25, 0.3) is 0 Å². The Morgan fingerprint density at radius 3 is 2.23 bits per heavy atom. The van der Waals surface area contributed by atoms with Gasteiger partial charge in [0.15, 0.2) is 0 Å². The van der Waals surface area contributed by atoms with E-state index < -0.39 is 5.54 Å². The van der Waals surface area contributed by atoms with Crippen LogP contribution in [0.5, 0.6) is 0 Å². The number of hydrogen-bond donors (Lipinski definition) is 3. The summed E-state index contributed by atoms with van der Waals surface area (Å²) < 4.78 is 13.6. The van der Waals surface area contributed by atoms with Crippen molar-refractivity contribution in [3.63, 3.8) is 0 Å². The first-order valence-electron chi connectivity index (χ1n) is 10.6. The van der Waals surface area contributed by atoms with Gasteiger partial charge < -0.3 is 10.8 Å². The second-order valence-corrected chi connectivity index (χ2v) is 7.56. The summed E-state index contributed by atoms with van der Waals surface area (Å²) in [5, 5.41) is 16.2. The largest absolute Gasteiger partial charge is 0.400 e. The molecule has 0 bridgehead atoms. The monoisotopic (exact) mass is 432 g/mol. The molecule has 0 aromatic heterocycles. The molecule has 0 saturated heterocycles. The average molecular weight is 433 g/mol. The maximum atomic E-state index is 13.6. The number of aliphatic hydroxyl groups excluding tert-OH is 1. The molecule has 3 nitrogen and oxygen atoms in total. The number of benzene rings is 2. The van der Waals surface area contributed by atoms with E-state index in [-0.39, 0.29) is 5.82 Å². The first-order chi connectivity index (χ1) is 14.4. The Hall–Kier alpha value is -1.87. The van der Waals surface area contributed by atoms with Crippen LogP contribution in [-0.4, -0.2) is 18.0 Å². The summed E-state index contributed by atoms with van der Waals surface area (Å²) in [6.07, 6.45) is 4.41. The number of thiol groups is 1. The van der Waals surface area contributed by atoms with E-state index in [0.717, 1.165) is 42.7 Å². The number of rotatable bonds is 5. The van der Waals surface area contributed by atoms with E-state index in [2.05, 4.69) is 18.7 Å². The van der Waals surface area contributed by atoms with Gasteiger partial charge in [-0.1, -0.05) is 57.9 Å². The highest BCUT2D eigenvalue weighted by Gasteiger charge is 2.33. The van der Waals surface area contributed by atoms with Gasteiger partial charge in [0, 0.05) is 7.11 Å². The third kappa shape index (κ3) is 8.47. The van der Waals surface area contributed by atoms with Crippen LogP contribution in [0.4, 0.5) is 4.39 Å². The lowest BCUT2D eigenvalue weighted by Crippen LogP contribution is -2.38.